The Hall–Kier alpha value is -1.15. The maximum atomic E-state index is 11.6. The van der Waals surface area contributed by atoms with E-state index in [9.17, 15) is 22.9 Å². The summed E-state index contributed by atoms with van der Waals surface area (Å²) in [6.07, 6.45) is 1.72. The maximum Gasteiger partial charge on any atom is 0.326 e. The SMILES string of the molecule is O=C(O)CN1/C(=C/c2sc3csc(Cl)c3[n+]2CS(=O)(=O)O)Sc2ccc(Br)cc21. The van der Waals surface area contributed by atoms with Gasteiger partial charge in [0.25, 0.3) is 16.4 Å². The summed E-state index contributed by atoms with van der Waals surface area (Å²) in [5.41, 5.74) is 1.27. The summed E-state index contributed by atoms with van der Waals surface area (Å²) in [6, 6.07) is 5.59. The lowest BCUT2D eigenvalue weighted by Gasteiger charge is -2.17. The van der Waals surface area contributed by atoms with Crippen molar-refractivity contribution < 1.29 is 27.4 Å². The number of thioether (sulfide) groups is 1. The Bertz CT molecular complexity index is 1280. The van der Waals surface area contributed by atoms with Crippen LogP contribution < -0.4 is 9.47 Å². The average Bonchev–Trinajstić information content (AvgIpc) is 3.23. The molecule has 0 atom stereocenters. The molecule has 13 heteroatoms. The lowest BCUT2D eigenvalue weighted by Crippen LogP contribution is -2.39. The Kier molecular flexibility index (Phi) is 5.70. The Labute approximate surface area is 191 Å². The van der Waals surface area contributed by atoms with E-state index in [0.29, 0.717) is 19.9 Å². The van der Waals surface area contributed by atoms with E-state index in [-0.39, 0.29) is 6.54 Å². The molecule has 4 rings (SSSR count). The fourth-order valence-corrected chi connectivity index (χ4v) is 7.49. The summed E-state index contributed by atoms with van der Waals surface area (Å²) in [5, 5.41) is 12.3. The molecule has 0 fully saturated rings. The summed E-state index contributed by atoms with van der Waals surface area (Å²) in [4.78, 5) is 14.0. The Balaban J connectivity index is 1.86. The summed E-state index contributed by atoms with van der Waals surface area (Å²) in [7, 11) is -4.32. The summed E-state index contributed by atoms with van der Waals surface area (Å²) in [6.45, 7) is -0.249. The van der Waals surface area contributed by atoms with Crippen molar-refractivity contribution >= 4 is 100 Å². The number of fused-ring (bicyclic) bond motifs is 2. The number of aromatic nitrogens is 1. The van der Waals surface area contributed by atoms with E-state index in [4.69, 9.17) is 11.6 Å². The second-order valence-corrected chi connectivity index (χ2v) is 11.9. The molecule has 7 nitrogen and oxygen atoms in total. The van der Waals surface area contributed by atoms with Crippen molar-refractivity contribution in [1.29, 1.82) is 0 Å². The second kappa shape index (κ2) is 7.84. The van der Waals surface area contributed by atoms with Crippen molar-refractivity contribution in [2.75, 3.05) is 11.4 Å². The number of benzene rings is 1. The zero-order valence-electron chi connectivity index (χ0n) is 14.2. The first-order valence-electron chi connectivity index (χ1n) is 7.85. The molecule has 0 saturated carbocycles. The van der Waals surface area contributed by atoms with Gasteiger partial charge in [0.05, 0.1) is 16.8 Å². The van der Waals surface area contributed by atoms with E-state index >= 15 is 0 Å². The normalized spacial score (nSPS) is 15.4. The number of hydrogen-bond donors (Lipinski definition) is 2. The molecule has 0 spiro atoms. The van der Waals surface area contributed by atoms with Crippen LogP contribution in [-0.4, -0.2) is 30.6 Å². The van der Waals surface area contributed by atoms with Crippen LogP contribution in [0, 0.1) is 0 Å². The molecule has 0 amide bonds. The van der Waals surface area contributed by atoms with E-state index in [1.54, 1.807) is 11.0 Å². The van der Waals surface area contributed by atoms with Gasteiger partial charge in [-0.2, -0.15) is 13.0 Å². The van der Waals surface area contributed by atoms with Crippen molar-refractivity contribution in [2.24, 2.45) is 0 Å². The number of anilines is 1. The quantitative estimate of drug-likeness (QED) is 0.354. The van der Waals surface area contributed by atoms with Crippen LogP contribution >= 0.6 is 62.0 Å². The van der Waals surface area contributed by atoms with Gasteiger partial charge in [-0.05, 0) is 18.2 Å². The smallest absolute Gasteiger partial charge is 0.326 e. The lowest BCUT2D eigenvalue weighted by molar-refractivity contribution is -0.648. The standard InChI is InChI=1S/C16H10BrClN2O5S4/c17-8-1-2-10-9(3-8)19(5-14(21)22)12(27-10)4-13-20(7-29(23,24)25)15-11(28-13)6-26-16(15)18/h1-4,6H,5,7H2,(H-,21,22,23,24,25)/p+1. The highest BCUT2D eigenvalue weighted by Gasteiger charge is 2.32. The second-order valence-electron chi connectivity index (χ2n) is 5.98. The van der Waals surface area contributed by atoms with Crippen LogP contribution in [-0.2, 0) is 20.8 Å². The monoisotopic (exact) mass is 553 g/mol. The molecule has 2 aromatic heterocycles. The minimum atomic E-state index is -4.32. The van der Waals surface area contributed by atoms with E-state index in [0.717, 1.165) is 19.8 Å². The molecular weight excluding hydrogens is 544 g/mol. The largest absolute Gasteiger partial charge is 0.480 e. The summed E-state index contributed by atoms with van der Waals surface area (Å²) in [5.74, 6) is -1.64. The molecule has 0 aliphatic carbocycles. The average molecular weight is 555 g/mol. The highest BCUT2D eigenvalue weighted by Crippen LogP contribution is 2.48. The fourth-order valence-electron chi connectivity index (χ4n) is 2.89. The van der Waals surface area contributed by atoms with E-state index in [2.05, 4.69) is 15.9 Å². The van der Waals surface area contributed by atoms with Crippen LogP contribution in [0.1, 0.15) is 5.01 Å². The molecule has 0 bridgehead atoms. The van der Waals surface area contributed by atoms with Gasteiger partial charge in [0.2, 0.25) is 0 Å². The van der Waals surface area contributed by atoms with Gasteiger partial charge in [-0.1, -0.05) is 50.6 Å². The van der Waals surface area contributed by atoms with Crippen molar-refractivity contribution in [3.63, 3.8) is 0 Å². The van der Waals surface area contributed by atoms with E-state index in [1.165, 1.54) is 39.0 Å². The summed E-state index contributed by atoms with van der Waals surface area (Å²) < 4.78 is 36.0. The number of hydrogen-bond acceptors (Lipinski definition) is 7. The highest BCUT2D eigenvalue weighted by atomic mass is 79.9. The number of halogens is 2. The molecule has 3 aromatic rings. The topological polar surface area (TPSA) is 98.8 Å². The minimum absolute atomic E-state index is 0.249. The molecule has 3 heterocycles. The van der Waals surface area contributed by atoms with Crippen LogP contribution in [0.2, 0.25) is 4.34 Å². The molecule has 0 radical (unpaired) electrons. The van der Waals surface area contributed by atoms with Crippen molar-refractivity contribution in [3.8, 4) is 0 Å². The van der Waals surface area contributed by atoms with Crippen LogP contribution in [0.5, 0.6) is 0 Å². The molecule has 1 aliphatic rings. The third-order valence-corrected chi connectivity index (χ3v) is 8.58. The maximum absolute atomic E-state index is 11.6. The fraction of sp³-hybridized carbons (Fsp3) is 0.125. The molecule has 0 unspecified atom stereocenters. The van der Waals surface area contributed by atoms with Crippen molar-refractivity contribution in [3.05, 3.63) is 42.4 Å². The Morgan fingerprint density at radius 3 is 2.83 bits per heavy atom. The van der Waals surface area contributed by atoms with Gasteiger partial charge in [-0.15, -0.1) is 11.3 Å². The number of thiazole rings is 1. The van der Waals surface area contributed by atoms with Crippen LogP contribution in [0.3, 0.4) is 0 Å². The van der Waals surface area contributed by atoms with Gasteiger partial charge < -0.3 is 10.0 Å². The third-order valence-electron chi connectivity index (χ3n) is 3.96. The number of rotatable bonds is 5. The Morgan fingerprint density at radius 2 is 2.14 bits per heavy atom. The van der Waals surface area contributed by atoms with Gasteiger partial charge in [-0.3, -0.25) is 9.35 Å². The van der Waals surface area contributed by atoms with Crippen molar-refractivity contribution in [1.82, 2.24) is 0 Å². The molecule has 2 N–H and O–H groups in total. The molecule has 29 heavy (non-hydrogen) atoms. The number of carboxylic acid groups (broad SMARTS) is 1. The first-order valence-corrected chi connectivity index (χ1v) is 13.1. The zero-order valence-corrected chi connectivity index (χ0v) is 19.8. The summed E-state index contributed by atoms with van der Waals surface area (Å²) >= 11 is 13.6. The van der Waals surface area contributed by atoms with Gasteiger partial charge in [0, 0.05) is 14.7 Å². The number of nitrogens with zero attached hydrogens (tertiary/aromatic N) is 2. The van der Waals surface area contributed by atoms with Gasteiger partial charge in [0.15, 0.2) is 4.34 Å². The van der Waals surface area contributed by atoms with Crippen LogP contribution in [0.25, 0.3) is 16.3 Å². The van der Waals surface area contributed by atoms with Crippen LogP contribution in [0.15, 0.2) is 38.0 Å². The first-order chi connectivity index (χ1) is 13.6. The van der Waals surface area contributed by atoms with E-state index in [1.807, 2.05) is 23.6 Å². The predicted molar refractivity (Wildman–Crippen MR) is 119 cm³/mol. The molecule has 152 valence electrons. The molecular formula is C16H11BrClN2O5S4+. The number of carbonyl (C=O) groups is 1. The molecule has 0 saturated heterocycles. The number of carboxylic acids is 1. The van der Waals surface area contributed by atoms with Gasteiger partial charge >= 0.3 is 16.1 Å². The highest BCUT2D eigenvalue weighted by molar-refractivity contribution is 9.10. The first kappa shape index (κ1) is 21.1. The molecule has 1 aromatic carbocycles. The zero-order chi connectivity index (χ0) is 20.9. The third kappa shape index (κ3) is 4.33. The Morgan fingerprint density at radius 1 is 1.38 bits per heavy atom. The number of thiophene rings is 1. The van der Waals surface area contributed by atoms with Crippen molar-refractivity contribution in [2.45, 2.75) is 10.8 Å². The predicted octanol–water partition coefficient (Wildman–Crippen LogP) is 4.51. The number of aliphatic carboxylic acids is 1. The van der Waals surface area contributed by atoms with Gasteiger partial charge in [-0.25, -0.2) is 0 Å². The minimum Gasteiger partial charge on any atom is -0.480 e. The molecule has 1 aliphatic heterocycles. The van der Waals surface area contributed by atoms with Crippen LogP contribution in [0.4, 0.5) is 5.69 Å². The van der Waals surface area contributed by atoms with Gasteiger partial charge in [0.1, 0.15) is 11.2 Å². The lowest BCUT2D eigenvalue weighted by atomic mass is 10.3. The van der Waals surface area contributed by atoms with E-state index < -0.39 is 22.0 Å².